The summed E-state index contributed by atoms with van der Waals surface area (Å²) in [4.78, 5) is 10.7. The standard InChI is InChI=1S/C5H7N3O/c1-4-5(9)6-3-7-8(4)2/h3H,1H2,2H3,(H,6,7,9). The second kappa shape index (κ2) is 1.89. The van der Waals surface area contributed by atoms with Gasteiger partial charge < -0.3 is 5.32 Å². The van der Waals surface area contributed by atoms with E-state index >= 15 is 0 Å². The number of hydrogen-bond donors (Lipinski definition) is 1. The molecule has 1 aliphatic rings. The van der Waals surface area contributed by atoms with Gasteiger partial charge in [0.1, 0.15) is 12.0 Å². The number of hydrazone groups is 1. The van der Waals surface area contributed by atoms with Gasteiger partial charge in [-0.25, -0.2) is 0 Å². The summed E-state index contributed by atoms with van der Waals surface area (Å²) >= 11 is 0. The van der Waals surface area contributed by atoms with Crippen LogP contribution in [-0.2, 0) is 4.79 Å². The molecule has 0 bridgehead atoms. The van der Waals surface area contributed by atoms with Crippen LogP contribution in [0.1, 0.15) is 0 Å². The lowest BCUT2D eigenvalue weighted by Crippen LogP contribution is -2.34. The largest absolute Gasteiger partial charge is 0.310 e. The molecule has 0 fully saturated rings. The first kappa shape index (κ1) is 5.81. The molecule has 48 valence electrons. The molecule has 1 N–H and O–H groups in total. The Morgan fingerprint density at radius 3 is 3.00 bits per heavy atom. The van der Waals surface area contributed by atoms with Gasteiger partial charge in [0, 0.05) is 7.05 Å². The Morgan fingerprint density at radius 2 is 2.56 bits per heavy atom. The van der Waals surface area contributed by atoms with Crippen molar-refractivity contribution in [2.75, 3.05) is 7.05 Å². The van der Waals surface area contributed by atoms with Crippen LogP contribution in [0.25, 0.3) is 0 Å². The predicted molar refractivity (Wildman–Crippen MR) is 33.5 cm³/mol. The predicted octanol–water partition coefficient (Wildman–Crippen LogP) is -0.495. The molecule has 0 atom stereocenters. The maximum atomic E-state index is 10.7. The smallest absolute Gasteiger partial charge is 0.273 e. The van der Waals surface area contributed by atoms with E-state index in [1.54, 1.807) is 7.05 Å². The average Bonchev–Trinajstić information content (AvgIpc) is 1.83. The van der Waals surface area contributed by atoms with Crippen molar-refractivity contribution in [1.29, 1.82) is 0 Å². The lowest BCUT2D eigenvalue weighted by molar-refractivity contribution is -0.117. The van der Waals surface area contributed by atoms with Crippen LogP contribution in [0, 0.1) is 0 Å². The van der Waals surface area contributed by atoms with Crippen molar-refractivity contribution in [2.45, 2.75) is 0 Å². The lowest BCUT2D eigenvalue weighted by atomic mass is 10.4. The van der Waals surface area contributed by atoms with Crippen molar-refractivity contribution in [3.63, 3.8) is 0 Å². The second-order valence-corrected chi connectivity index (χ2v) is 1.69. The van der Waals surface area contributed by atoms with Gasteiger partial charge in [-0.3, -0.25) is 9.80 Å². The highest BCUT2D eigenvalue weighted by Gasteiger charge is 2.12. The first-order valence-electron chi connectivity index (χ1n) is 2.48. The van der Waals surface area contributed by atoms with E-state index in [4.69, 9.17) is 0 Å². The summed E-state index contributed by atoms with van der Waals surface area (Å²) in [6.07, 6.45) is 1.33. The quantitative estimate of drug-likeness (QED) is 0.444. The minimum atomic E-state index is -0.201. The summed E-state index contributed by atoms with van der Waals surface area (Å²) in [5.74, 6) is -0.201. The maximum Gasteiger partial charge on any atom is 0.273 e. The van der Waals surface area contributed by atoms with Crippen LogP contribution >= 0.6 is 0 Å². The highest BCUT2D eigenvalue weighted by Crippen LogP contribution is 1.99. The molecule has 0 aliphatic carbocycles. The minimum Gasteiger partial charge on any atom is -0.310 e. The normalized spacial score (nSPS) is 18.1. The molecule has 4 heteroatoms. The number of rotatable bonds is 0. The Labute approximate surface area is 52.8 Å². The van der Waals surface area contributed by atoms with Gasteiger partial charge in [-0.2, -0.15) is 5.10 Å². The monoisotopic (exact) mass is 125 g/mol. The molecular weight excluding hydrogens is 118 g/mol. The summed E-state index contributed by atoms with van der Waals surface area (Å²) < 4.78 is 0. The molecule has 0 saturated carbocycles. The van der Waals surface area contributed by atoms with E-state index in [1.807, 2.05) is 0 Å². The molecule has 1 rings (SSSR count). The van der Waals surface area contributed by atoms with Crippen molar-refractivity contribution >= 4 is 12.2 Å². The van der Waals surface area contributed by atoms with Crippen molar-refractivity contribution in [3.05, 3.63) is 12.3 Å². The molecule has 1 aliphatic heterocycles. The van der Waals surface area contributed by atoms with Gasteiger partial charge in [0.2, 0.25) is 0 Å². The first-order chi connectivity index (χ1) is 4.22. The number of nitrogens with one attached hydrogen (secondary N) is 1. The van der Waals surface area contributed by atoms with E-state index in [9.17, 15) is 4.79 Å². The Bertz CT molecular complexity index is 185. The summed E-state index contributed by atoms with van der Waals surface area (Å²) in [5, 5.41) is 7.54. The van der Waals surface area contributed by atoms with Gasteiger partial charge in [-0.1, -0.05) is 6.58 Å². The van der Waals surface area contributed by atoms with Gasteiger partial charge in [0.05, 0.1) is 0 Å². The van der Waals surface area contributed by atoms with E-state index in [1.165, 1.54) is 11.3 Å². The van der Waals surface area contributed by atoms with Gasteiger partial charge in [0.15, 0.2) is 0 Å². The SMILES string of the molecule is C=C1C(=O)NC=NN1C. The zero-order valence-corrected chi connectivity index (χ0v) is 5.09. The molecule has 0 saturated heterocycles. The molecule has 0 aromatic rings. The van der Waals surface area contributed by atoms with E-state index in [0.717, 1.165) is 0 Å². The summed E-state index contributed by atoms with van der Waals surface area (Å²) in [6.45, 7) is 3.48. The second-order valence-electron chi connectivity index (χ2n) is 1.69. The Morgan fingerprint density at radius 1 is 1.89 bits per heavy atom. The Hall–Kier alpha value is -1.32. The van der Waals surface area contributed by atoms with E-state index in [2.05, 4.69) is 17.0 Å². The fraction of sp³-hybridized carbons (Fsp3) is 0.200. The number of nitrogens with zero attached hydrogens (tertiary/aromatic N) is 2. The molecular formula is C5H7N3O. The summed E-state index contributed by atoms with van der Waals surface area (Å²) in [7, 11) is 1.66. The van der Waals surface area contributed by atoms with Crippen LogP contribution in [0.2, 0.25) is 0 Å². The zero-order chi connectivity index (χ0) is 6.85. The fourth-order valence-corrected chi connectivity index (χ4v) is 0.474. The molecule has 0 unspecified atom stereocenters. The van der Waals surface area contributed by atoms with Crippen LogP contribution in [0.5, 0.6) is 0 Å². The Kier molecular flexibility index (Phi) is 1.22. The number of hydrogen-bond acceptors (Lipinski definition) is 3. The molecule has 4 nitrogen and oxygen atoms in total. The third-order valence-corrected chi connectivity index (χ3v) is 1.08. The Balaban J connectivity index is 2.81. The molecule has 0 radical (unpaired) electrons. The molecule has 0 spiro atoms. The molecule has 1 amide bonds. The van der Waals surface area contributed by atoms with Crippen LogP contribution < -0.4 is 5.32 Å². The van der Waals surface area contributed by atoms with Gasteiger partial charge in [0.25, 0.3) is 5.91 Å². The van der Waals surface area contributed by atoms with E-state index in [-0.39, 0.29) is 5.91 Å². The highest BCUT2D eigenvalue weighted by atomic mass is 16.2. The number of carbonyl (C=O) groups is 1. The molecule has 0 aromatic carbocycles. The van der Waals surface area contributed by atoms with Crippen LogP contribution in [-0.4, -0.2) is 24.3 Å². The highest BCUT2D eigenvalue weighted by molar-refractivity contribution is 6.00. The third kappa shape index (κ3) is 0.910. The topological polar surface area (TPSA) is 44.7 Å². The maximum absolute atomic E-state index is 10.7. The first-order valence-corrected chi connectivity index (χ1v) is 2.48. The number of likely N-dealkylation sites (N-methyl/N-ethyl adjacent to an activating group) is 1. The number of amides is 1. The summed E-state index contributed by atoms with van der Waals surface area (Å²) in [6, 6.07) is 0. The minimum absolute atomic E-state index is 0.201. The average molecular weight is 125 g/mol. The van der Waals surface area contributed by atoms with Crippen molar-refractivity contribution in [1.82, 2.24) is 10.3 Å². The summed E-state index contributed by atoms with van der Waals surface area (Å²) in [5.41, 5.74) is 0.359. The van der Waals surface area contributed by atoms with Gasteiger partial charge in [-0.05, 0) is 0 Å². The van der Waals surface area contributed by atoms with E-state index < -0.39 is 0 Å². The fourth-order valence-electron chi connectivity index (χ4n) is 0.474. The van der Waals surface area contributed by atoms with Crippen LogP contribution in [0.15, 0.2) is 17.4 Å². The van der Waals surface area contributed by atoms with Crippen LogP contribution in [0.3, 0.4) is 0 Å². The lowest BCUT2D eigenvalue weighted by Gasteiger charge is -2.17. The zero-order valence-electron chi connectivity index (χ0n) is 5.09. The molecule has 9 heavy (non-hydrogen) atoms. The number of carbonyl (C=O) groups excluding carboxylic acids is 1. The van der Waals surface area contributed by atoms with Gasteiger partial charge in [-0.15, -0.1) is 0 Å². The van der Waals surface area contributed by atoms with Crippen molar-refractivity contribution < 1.29 is 4.79 Å². The van der Waals surface area contributed by atoms with Crippen molar-refractivity contribution in [3.8, 4) is 0 Å². The van der Waals surface area contributed by atoms with E-state index in [0.29, 0.717) is 5.70 Å². The van der Waals surface area contributed by atoms with Crippen LogP contribution in [0.4, 0.5) is 0 Å². The third-order valence-electron chi connectivity index (χ3n) is 1.08. The van der Waals surface area contributed by atoms with Crippen molar-refractivity contribution in [2.24, 2.45) is 5.10 Å². The molecule has 1 heterocycles. The van der Waals surface area contributed by atoms with Gasteiger partial charge >= 0.3 is 0 Å². The molecule has 0 aromatic heterocycles.